The number of carbonyl (C=O) groups excluding carboxylic acids is 1. The molecule has 0 saturated carbocycles. The minimum Gasteiger partial charge on any atom is -0.338 e. The molecule has 22 heavy (non-hydrogen) atoms. The van der Waals surface area contributed by atoms with Crippen molar-refractivity contribution in [3.8, 4) is 0 Å². The number of halogens is 1. The summed E-state index contributed by atoms with van der Waals surface area (Å²) in [6.45, 7) is 9.30. The molecule has 4 heteroatoms. The quantitative estimate of drug-likeness (QED) is 0.868. The Morgan fingerprint density at radius 1 is 1.41 bits per heavy atom. The summed E-state index contributed by atoms with van der Waals surface area (Å²) in [6.07, 6.45) is 2.73. The maximum atomic E-state index is 12.7. The molecule has 124 valence electrons. The van der Waals surface area contributed by atoms with Crippen molar-refractivity contribution in [3.05, 3.63) is 35.4 Å². The van der Waals surface area contributed by atoms with Crippen LogP contribution in [0.3, 0.4) is 0 Å². The Kier molecular flexibility index (Phi) is 7.91. The second-order valence-electron chi connectivity index (χ2n) is 6.20. The van der Waals surface area contributed by atoms with Gasteiger partial charge in [0, 0.05) is 25.6 Å². The molecule has 1 aliphatic heterocycles. The van der Waals surface area contributed by atoms with Crippen LogP contribution in [0.2, 0.25) is 0 Å². The fourth-order valence-electron chi connectivity index (χ4n) is 3.29. The van der Waals surface area contributed by atoms with Gasteiger partial charge in [0.15, 0.2) is 0 Å². The molecule has 1 aromatic rings. The van der Waals surface area contributed by atoms with Crippen LogP contribution >= 0.6 is 12.4 Å². The summed E-state index contributed by atoms with van der Waals surface area (Å²) >= 11 is 0. The number of carbonyl (C=O) groups is 1. The highest BCUT2D eigenvalue weighted by atomic mass is 35.5. The first-order chi connectivity index (χ1) is 10.1. The molecular formula is C18H29ClN2O. The number of amides is 1. The molecule has 0 radical (unpaired) electrons. The Morgan fingerprint density at radius 3 is 2.73 bits per heavy atom. The van der Waals surface area contributed by atoms with Crippen molar-refractivity contribution in [2.45, 2.75) is 52.0 Å². The van der Waals surface area contributed by atoms with E-state index in [9.17, 15) is 4.79 Å². The normalized spacial score (nSPS) is 18.6. The first kappa shape index (κ1) is 19.0. The molecule has 3 nitrogen and oxygen atoms in total. The lowest BCUT2D eigenvalue weighted by Crippen LogP contribution is -2.42. The fourth-order valence-corrected chi connectivity index (χ4v) is 3.29. The molecule has 1 aromatic carbocycles. The maximum Gasteiger partial charge on any atom is 0.223 e. The number of nitrogens with zero attached hydrogens (tertiary/aromatic N) is 1. The van der Waals surface area contributed by atoms with Crippen LogP contribution < -0.4 is 5.32 Å². The Hall–Kier alpha value is -1.06. The van der Waals surface area contributed by atoms with Gasteiger partial charge in [0.2, 0.25) is 5.91 Å². The minimum atomic E-state index is 0. The van der Waals surface area contributed by atoms with E-state index in [1.807, 2.05) is 0 Å². The van der Waals surface area contributed by atoms with Crippen molar-refractivity contribution in [2.24, 2.45) is 0 Å². The second kappa shape index (κ2) is 9.16. The van der Waals surface area contributed by atoms with Crippen LogP contribution in [0.4, 0.5) is 0 Å². The molecule has 1 amide bonds. The van der Waals surface area contributed by atoms with Crippen molar-refractivity contribution in [1.82, 2.24) is 10.2 Å². The summed E-state index contributed by atoms with van der Waals surface area (Å²) in [5.74, 6) is 0.591. The second-order valence-corrected chi connectivity index (χ2v) is 6.20. The zero-order chi connectivity index (χ0) is 15.2. The van der Waals surface area contributed by atoms with Gasteiger partial charge in [-0.3, -0.25) is 4.79 Å². The first-order valence-electron chi connectivity index (χ1n) is 8.19. The summed E-state index contributed by atoms with van der Waals surface area (Å²) in [6, 6.07) is 8.78. The van der Waals surface area contributed by atoms with Crippen LogP contribution in [0.15, 0.2) is 24.3 Å². The molecular weight excluding hydrogens is 296 g/mol. The van der Waals surface area contributed by atoms with E-state index in [1.54, 1.807) is 0 Å². The predicted octanol–water partition coefficient (Wildman–Crippen LogP) is 3.51. The standard InChI is InChI=1S/C18H28N2O.ClH/c1-4-11-20(16-9-10-19-13-16)18(21)12-15(3)17-8-6-5-7-14(17)2;/h5-8,15-16,19H,4,9-13H2,1-3H3;1H. The van der Waals surface area contributed by atoms with Crippen LogP contribution in [0.1, 0.15) is 50.2 Å². The predicted molar refractivity (Wildman–Crippen MR) is 94.7 cm³/mol. The van der Waals surface area contributed by atoms with Crippen LogP contribution in [-0.4, -0.2) is 36.5 Å². The van der Waals surface area contributed by atoms with E-state index < -0.39 is 0 Å². The van der Waals surface area contributed by atoms with Gasteiger partial charge in [0.1, 0.15) is 0 Å². The number of benzene rings is 1. The fraction of sp³-hybridized carbons (Fsp3) is 0.611. The topological polar surface area (TPSA) is 32.3 Å². The Balaban J connectivity index is 0.00000242. The van der Waals surface area contributed by atoms with Crippen molar-refractivity contribution in [2.75, 3.05) is 19.6 Å². The largest absolute Gasteiger partial charge is 0.338 e. The summed E-state index contributed by atoms with van der Waals surface area (Å²) < 4.78 is 0. The lowest BCUT2D eigenvalue weighted by atomic mass is 9.93. The zero-order valence-corrected chi connectivity index (χ0v) is 14.8. The van der Waals surface area contributed by atoms with E-state index in [4.69, 9.17) is 0 Å². The number of hydrogen-bond acceptors (Lipinski definition) is 2. The van der Waals surface area contributed by atoms with Crippen molar-refractivity contribution in [3.63, 3.8) is 0 Å². The van der Waals surface area contributed by atoms with Crippen LogP contribution in [0.5, 0.6) is 0 Å². The smallest absolute Gasteiger partial charge is 0.223 e. The monoisotopic (exact) mass is 324 g/mol. The third-order valence-corrected chi connectivity index (χ3v) is 4.46. The Morgan fingerprint density at radius 2 is 2.14 bits per heavy atom. The number of aryl methyl sites for hydroxylation is 1. The van der Waals surface area contributed by atoms with E-state index in [0.29, 0.717) is 18.4 Å². The molecule has 1 heterocycles. The number of hydrogen-bond donors (Lipinski definition) is 1. The van der Waals surface area contributed by atoms with Gasteiger partial charge in [0.25, 0.3) is 0 Å². The van der Waals surface area contributed by atoms with E-state index in [-0.39, 0.29) is 18.3 Å². The summed E-state index contributed by atoms with van der Waals surface area (Å²) in [7, 11) is 0. The lowest BCUT2D eigenvalue weighted by molar-refractivity contribution is -0.133. The molecule has 1 N–H and O–H groups in total. The minimum absolute atomic E-state index is 0. The third kappa shape index (κ3) is 4.72. The summed E-state index contributed by atoms with van der Waals surface area (Å²) in [5.41, 5.74) is 2.58. The molecule has 1 aliphatic rings. The van der Waals surface area contributed by atoms with E-state index in [2.05, 4.69) is 55.3 Å². The maximum absolute atomic E-state index is 12.7. The van der Waals surface area contributed by atoms with Gasteiger partial charge in [-0.1, -0.05) is 38.1 Å². The Bertz CT molecular complexity index is 472. The van der Waals surface area contributed by atoms with Gasteiger partial charge >= 0.3 is 0 Å². The van der Waals surface area contributed by atoms with Crippen LogP contribution in [-0.2, 0) is 4.79 Å². The van der Waals surface area contributed by atoms with Gasteiger partial charge in [0.05, 0.1) is 0 Å². The van der Waals surface area contributed by atoms with E-state index in [0.717, 1.165) is 32.5 Å². The third-order valence-electron chi connectivity index (χ3n) is 4.46. The van der Waals surface area contributed by atoms with Crippen molar-refractivity contribution < 1.29 is 4.79 Å². The van der Waals surface area contributed by atoms with Crippen LogP contribution in [0.25, 0.3) is 0 Å². The molecule has 2 unspecified atom stereocenters. The molecule has 0 bridgehead atoms. The molecule has 2 rings (SSSR count). The molecule has 2 atom stereocenters. The Labute approximate surface area is 140 Å². The highest BCUT2D eigenvalue weighted by Crippen LogP contribution is 2.24. The van der Waals surface area contributed by atoms with Gasteiger partial charge in [-0.05, 0) is 43.4 Å². The highest BCUT2D eigenvalue weighted by molar-refractivity contribution is 5.85. The molecule has 1 saturated heterocycles. The lowest BCUT2D eigenvalue weighted by Gasteiger charge is -2.29. The van der Waals surface area contributed by atoms with E-state index in [1.165, 1.54) is 11.1 Å². The van der Waals surface area contributed by atoms with Gasteiger partial charge in [-0.15, -0.1) is 12.4 Å². The van der Waals surface area contributed by atoms with Crippen LogP contribution in [0, 0.1) is 6.92 Å². The molecule has 1 fully saturated rings. The molecule has 0 spiro atoms. The molecule has 0 aromatic heterocycles. The SMILES string of the molecule is CCCN(C(=O)CC(C)c1ccccc1C)C1CCNC1.Cl. The number of rotatable bonds is 6. The number of nitrogens with one attached hydrogen (secondary N) is 1. The zero-order valence-electron chi connectivity index (χ0n) is 14.0. The van der Waals surface area contributed by atoms with Gasteiger partial charge in [-0.25, -0.2) is 0 Å². The van der Waals surface area contributed by atoms with E-state index >= 15 is 0 Å². The van der Waals surface area contributed by atoms with Crippen molar-refractivity contribution in [1.29, 1.82) is 0 Å². The average Bonchev–Trinajstić information content (AvgIpc) is 2.98. The highest BCUT2D eigenvalue weighted by Gasteiger charge is 2.27. The van der Waals surface area contributed by atoms with Crippen molar-refractivity contribution >= 4 is 18.3 Å². The first-order valence-corrected chi connectivity index (χ1v) is 8.19. The molecule has 0 aliphatic carbocycles. The van der Waals surface area contributed by atoms with Gasteiger partial charge < -0.3 is 10.2 Å². The average molecular weight is 325 g/mol. The summed E-state index contributed by atoms with van der Waals surface area (Å²) in [4.78, 5) is 14.8. The van der Waals surface area contributed by atoms with Gasteiger partial charge in [-0.2, -0.15) is 0 Å². The summed E-state index contributed by atoms with van der Waals surface area (Å²) in [5, 5.41) is 3.37.